The first kappa shape index (κ1) is 16.8. The predicted octanol–water partition coefficient (Wildman–Crippen LogP) is 1.02. The number of hydrogen-bond acceptors (Lipinski definition) is 4. The Bertz CT molecular complexity index is 477. The lowest BCUT2D eigenvalue weighted by Gasteiger charge is -2.21. The molecule has 0 fully saturated rings. The average molecular weight is 293 g/mol. The van der Waals surface area contributed by atoms with Gasteiger partial charge in [-0.15, -0.1) is 0 Å². The van der Waals surface area contributed by atoms with Gasteiger partial charge in [0.1, 0.15) is 5.75 Å². The van der Waals surface area contributed by atoms with Crippen molar-refractivity contribution in [2.45, 2.75) is 19.8 Å². The lowest BCUT2D eigenvalue weighted by atomic mass is 10.3. The number of nitrogens with one attached hydrogen (secondary N) is 1. The number of benzene rings is 1. The van der Waals surface area contributed by atoms with Crippen LogP contribution in [-0.2, 0) is 9.59 Å². The Morgan fingerprint density at radius 2 is 2.05 bits per heavy atom. The number of para-hydroxylation sites is 2. The Labute approximate surface area is 125 Å². The highest BCUT2D eigenvalue weighted by Crippen LogP contribution is 2.19. The molecule has 0 saturated carbocycles. The van der Waals surface area contributed by atoms with E-state index < -0.39 is 0 Å². The third-order valence-corrected chi connectivity index (χ3v) is 2.95. The van der Waals surface area contributed by atoms with Crippen LogP contribution in [0.1, 0.15) is 19.8 Å². The van der Waals surface area contributed by atoms with Gasteiger partial charge in [-0.25, -0.2) is 0 Å². The summed E-state index contributed by atoms with van der Waals surface area (Å²) in [7, 11) is 1.55. The highest BCUT2D eigenvalue weighted by Gasteiger charge is 2.15. The quantitative estimate of drug-likeness (QED) is 0.701. The van der Waals surface area contributed by atoms with E-state index >= 15 is 0 Å². The number of carbonyl (C=O) groups excluding carboxylic acids is 2. The van der Waals surface area contributed by atoms with Gasteiger partial charge in [-0.1, -0.05) is 19.1 Å². The molecule has 0 aromatic heterocycles. The van der Waals surface area contributed by atoms with E-state index in [-0.39, 0.29) is 31.4 Å². The fourth-order valence-electron chi connectivity index (χ4n) is 1.83. The molecule has 3 N–H and O–H groups in total. The number of likely N-dealkylation sites (N-methyl/N-ethyl adjacent to an activating group) is 1. The van der Waals surface area contributed by atoms with Crippen LogP contribution in [0.3, 0.4) is 0 Å². The second-order valence-corrected chi connectivity index (χ2v) is 4.62. The standard InChI is InChI=1S/C15H23N3O3/c1-3-9-18(11-14(19)17-2)15(20)8-10-21-13-7-5-4-6-12(13)16/h4-7H,3,8-11,16H2,1-2H3,(H,17,19). The maximum atomic E-state index is 12.1. The Morgan fingerprint density at radius 3 is 2.67 bits per heavy atom. The molecule has 0 spiro atoms. The monoisotopic (exact) mass is 293 g/mol. The zero-order valence-electron chi connectivity index (χ0n) is 12.6. The minimum absolute atomic E-state index is 0.0800. The maximum absolute atomic E-state index is 12.1. The van der Waals surface area contributed by atoms with E-state index in [4.69, 9.17) is 10.5 Å². The number of anilines is 1. The summed E-state index contributed by atoms with van der Waals surface area (Å²) in [5, 5.41) is 2.52. The molecule has 1 aromatic rings. The van der Waals surface area contributed by atoms with Crippen molar-refractivity contribution in [3.63, 3.8) is 0 Å². The summed E-state index contributed by atoms with van der Waals surface area (Å²) in [6.07, 6.45) is 1.01. The summed E-state index contributed by atoms with van der Waals surface area (Å²) >= 11 is 0. The van der Waals surface area contributed by atoms with Crippen molar-refractivity contribution in [2.75, 3.05) is 32.5 Å². The number of nitrogen functional groups attached to an aromatic ring is 1. The number of nitrogens with zero attached hydrogens (tertiary/aromatic N) is 1. The molecule has 0 radical (unpaired) electrons. The van der Waals surface area contributed by atoms with E-state index in [0.29, 0.717) is 18.0 Å². The van der Waals surface area contributed by atoms with Crippen molar-refractivity contribution >= 4 is 17.5 Å². The minimum atomic E-state index is -0.176. The van der Waals surface area contributed by atoms with Gasteiger partial charge in [0, 0.05) is 13.6 Å². The number of hydrogen-bond donors (Lipinski definition) is 2. The Morgan fingerprint density at radius 1 is 1.33 bits per heavy atom. The topological polar surface area (TPSA) is 84.7 Å². The van der Waals surface area contributed by atoms with Crippen LogP contribution in [0.5, 0.6) is 5.75 Å². The van der Waals surface area contributed by atoms with Gasteiger partial charge in [-0.2, -0.15) is 0 Å². The molecule has 0 aliphatic rings. The summed E-state index contributed by atoms with van der Waals surface area (Å²) in [6.45, 7) is 2.84. The Kier molecular flexibility index (Phi) is 7.08. The molecule has 1 rings (SSSR count). The van der Waals surface area contributed by atoms with E-state index in [0.717, 1.165) is 6.42 Å². The second-order valence-electron chi connectivity index (χ2n) is 4.62. The van der Waals surface area contributed by atoms with Crippen LogP contribution in [0, 0.1) is 0 Å². The number of nitrogens with two attached hydrogens (primary N) is 1. The summed E-state index contributed by atoms with van der Waals surface area (Å²) in [6, 6.07) is 7.14. The average Bonchev–Trinajstić information content (AvgIpc) is 2.48. The number of rotatable bonds is 8. The first-order valence-electron chi connectivity index (χ1n) is 7.04. The van der Waals surface area contributed by atoms with Gasteiger partial charge in [0.05, 0.1) is 25.3 Å². The zero-order valence-corrected chi connectivity index (χ0v) is 12.6. The molecule has 0 heterocycles. The van der Waals surface area contributed by atoms with Gasteiger partial charge in [0.25, 0.3) is 0 Å². The summed E-state index contributed by atoms with van der Waals surface area (Å²) in [4.78, 5) is 25.0. The van der Waals surface area contributed by atoms with Gasteiger partial charge >= 0.3 is 0 Å². The first-order valence-corrected chi connectivity index (χ1v) is 7.04. The fraction of sp³-hybridized carbons (Fsp3) is 0.467. The molecule has 0 unspecified atom stereocenters. The molecule has 0 aliphatic carbocycles. The van der Waals surface area contributed by atoms with E-state index in [1.54, 1.807) is 19.2 Å². The van der Waals surface area contributed by atoms with E-state index in [1.165, 1.54) is 4.90 Å². The minimum Gasteiger partial charge on any atom is -0.491 e. The van der Waals surface area contributed by atoms with E-state index in [2.05, 4.69) is 5.32 Å². The van der Waals surface area contributed by atoms with Crippen molar-refractivity contribution in [1.29, 1.82) is 0 Å². The van der Waals surface area contributed by atoms with Crippen molar-refractivity contribution in [3.05, 3.63) is 24.3 Å². The fourth-order valence-corrected chi connectivity index (χ4v) is 1.83. The molecule has 1 aromatic carbocycles. The van der Waals surface area contributed by atoms with Gasteiger partial charge < -0.3 is 20.7 Å². The number of ether oxygens (including phenoxy) is 1. The molecule has 6 nitrogen and oxygen atoms in total. The van der Waals surface area contributed by atoms with Crippen LogP contribution in [0.4, 0.5) is 5.69 Å². The van der Waals surface area contributed by atoms with Crippen molar-refractivity contribution in [3.8, 4) is 5.75 Å². The van der Waals surface area contributed by atoms with Gasteiger partial charge in [-0.05, 0) is 18.6 Å². The van der Waals surface area contributed by atoms with Crippen molar-refractivity contribution in [1.82, 2.24) is 10.2 Å². The van der Waals surface area contributed by atoms with Crippen molar-refractivity contribution < 1.29 is 14.3 Å². The van der Waals surface area contributed by atoms with Crippen LogP contribution >= 0.6 is 0 Å². The summed E-state index contributed by atoms with van der Waals surface area (Å²) in [5.41, 5.74) is 6.30. The molecule has 2 amide bonds. The lowest BCUT2D eigenvalue weighted by Crippen LogP contribution is -2.40. The Hall–Kier alpha value is -2.24. The molecule has 0 aliphatic heterocycles. The second kappa shape index (κ2) is 8.84. The highest BCUT2D eigenvalue weighted by molar-refractivity contribution is 5.84. The van der Waals surface area contributed by atoms with Gasteiger partial charge in [0.2, 0.25) is 11.8 Å². The molecule has 0 saturated heterocycles. The largest absolute Gasteiger partial charge is 0.491 e. The third kappa shape index (κ3) is 5.72. The van der Waals surface area contributed by atoms with E-state index in [9.17, 15) is 9.59 Å². The summed E-state index contributed by atoms with van der Waals surface area (Å²) < 4.78 is 5.49. The van der Waals surface area contributed by atoms with Gasteiger partial charge in [0.15, 0.2) is 0 Å². The molecule has 0 atom stereocenters. The van der Waals surface area contributed by atoms with Crippen molar-refractivity contribution in [2.24, 2.45) is 0 Å². The number of carbonyl (C=O) groups is 2. The molecule has 6 heteroatoms. The third-order valence-electron chi connectivity index (χ3n) is 2.95. The molecule has 116 valence electrons. The van der Waals surface area contributed by atoms with Crippen LogP contribution < -0.4 is 15.8 Å². The lowest BCUT2D eigenvalue weighted by molar-refractivity contribution is -0.136. The van der Waals surface area contributed by atoms with Crippen LogP contribution in [-0.4, -0.2) is 43.5 Å². The first-order chi connectivity index (χ1) is 10.1. The van der Waals surface area contributed by atoms with E-state index in [1.807, 2.05) is 19.1 Å². The Balaban J connectivity index is 2.46. The smallest absolute Gasteiger partial charge is 0.239 e. The zero-order chi connectivity index (χ0) is 15.7. The highest BCUT2D eigenvalue weighted by atomic mass is 16.5. The maximum Gasteiger partial charge on any atom is 0.239 e. The predicted molar refractivity (Wildman–Crippen MR) is 81.9 cm³/mol. The molecule has 0 bridgehead atoms. The molecular weight excluding hydrogens is 270 g/mol. The molecular formula is C15H23N3O3. The normalized spacial score (nSPS) is 10.0. The van der Waals surface area contributed by atoms with Gasteiger partial charge in [-0.3, -0.25) is 9.59 Å². The van der Waals surface area contributed by atoms with Crippen LogP contribution in [0.25, 0.3) is 0 Å². The SMILES string of the molecule is CCCN(CC(=O)NC)C(=O)CCOc1ccccc1N. The van der Waals surface area contributed by atoms with Crippen LogP contribution in [0.2, 0.25) is 0 Å². The van der Waals surface area contributed by atoms with Crippen LogP contribution in [0.15, 0.2) is 24.3 Å². The number of amides is 2. The molecule has 21 heavy (non-hydrogen) atoms. The summed E-state index contributed by atoms with van der Waals surface area (Å²) in [5.74, 6) is 0.290.